The Hall–Kier alpha value is -1.51. The van der Waals surface area contributed by atoms with Crippen LogP contribution in [-0.4, -0.2) is 29.7 Å². The molecule has 1 aliphatic heterocycles. The van der Waals surface area contributed by atoms with Crippen molar-refractivity contribution in [2.45, 2.75) is 59.0 Å². The van der Waals surface area contributed by atoms with Gasteiger partial charge in [0, 0.05) is 13.1 Å². The van der Waals surface area contributed by atoms with E-state index < -0.39 is 5.60 Å². The molecule has 1 atom stereocenters. The summed E-state index contributed by atoms with van der Waals surface area (Å²) >= 11 is 0. The standard InChI is InChI=1S/C19H29NO2/c1-15-8-5-6-10-17(15)12-11-16-9-7-13-20(14-16)18(21)22-19(2,3)4/h5-6,8,10,16H,7,9,11-14H2,1-4H3. The summed E-state index contributed by atoms with van der Waals surface area (Å²) < 4.78 is 5.49. The third-order valence-corrected chi connectivity index (χ3v) is 4.25. The van der Waals surface area contributed by atoms with Crippen LogP contribution >= 0.6 is 0 Å². The van der Waals surface area contributed by atoms with Crippen LogP contribution < -0.4 is 0 Å². The number of nitrogens with zero attached hydrogens (tertiary/aromatic N) is 1. The molecule has 0 aliphatic carbocycles. The maximum Gasteiger partial charge on any atom is 0.410 e. The van der Waals surface area contributed by atoms with E-state index >= 15 is 0 Å². The van der Waals surface area contributed by atoms with E-state index in [2.05, 4.69) is 31.2 Å². The molecule has 2 rings (SSSR count). The Labute approximate surface area is 134 Å². The molecule has 1 heterocycles. The second-order valence-electron chi connectivity index (χ2n) is 7.40. The van der Waals surface area contributed by atoms with Gasteiger partial charge >= 0.3 is 6.09 Å². The fraction of sp³-hybridized carbons (Fsp3) is 0.632. The van der Waals surface area contributed by atoms with Crippen molar-refractivity contribution in [3.05, 3.63) is 35.4 Å². The van der Waals surface area contributed by atoms with Crippen molar-refractivity contribution >= 4 is 6.09 Å². The number of carbonyl (C=O) groups is 1. The van der Waals surface area contributed by atoms with Gasteiger partial charge in [0.15, 0.2) is 0 Å². The van der Waals surface area contributed by atoms with Gasteiger partial charge in [-0.3, -0.25) is 0 Å². The highest BCUT2D eigenvalue weighted by Gasteiger charge is 2.27. The average molecular weight is 303 g/mol. The van der Waals surface area contributed by atoms with E-state index in [4.69, 9.17) is 4.74 Å². The predicted molar refractivity (Wildman–Crippen MR) is 90.0 cm³/mol. The molecule has 0 bridgehead atoms. The molecule has 1 amide bonds. The first-order valence-corrected chi connectivity index (χ1v) is 8.37. The molecular formula is C19H29NO2. The van der Waals surface area contributed by atoms with E-state index in [1.165, 1.54) is 17.5 Å². The van der Waals surface area contributed by atoms with Crippen LogP contribution in [0.15, 0.2) is 24.3 Å². The Bertz CT molecular complexity index is 504. The molecule has 3 heteroatoms. The quantitative estimate of drug-likeness (QED) is 0.818. The smallest absolute Gasteiger partial charge is 0.410 e. The first-order valence-electron chi connectivity index (χ1n) is 8.37. The zero-order valence-corrected chi connectivity index (χ0v) is 14.4. The third kappa shape index (κ3) is 5.04. The molecule has 0 aromatic heterocycles. The molecule has 1 aromatic carbocycles. The molecule has 0 saturated carbocycles. The Morgan fingerprint density at radius 3 is 2.73 bits per heavy atom. The summed E-state index contributed by atoms with van der Waals surface area (Å²) in [6, 6.07) is 8.58. The van der Waals surface area contributed by atoms with E-state index in [1.54, 1.807) is 0 Å². The topological polar surface area (TPSA) is 29.5 Å². The minimum absolute atomic E-state index is 0.159. The van der Waals surface area contributed by atoms with Crippen molar-refractivity contribution in [3.63, 3.8) is 0 Å². The van der Waals surface area contributed by atoms with E-state index in [-0.39, 0.29) is 6.09 Å². The summed E-state index contributed by atoms with van der Waals surface area (Å²) in [4.78, 5) is 14.1. The second kappa shape index (κ2) is 7.17. The molecule has 122 valence electrons. The summed E-state index contributed by atoms with van der Waals surface area (Å²) in [6.45, 7) is 9.60. The molecular weight excluding hydrogens is 274 g/mol. The van der Waals surface area contributed by atoms with Gasteiger partial charge in [0.25, 0.3) is 0 Å². The van der Waals surface area contributed by atoms with Crippen LogP contribution in [0.2, 0.25) is 0 Å². The maximum atomic E-state index is 12.2. The summed E-state index contributed by atoms with van der Waals surface area (Å²) in [5, 5.41) is 0. The molecule has 1 aliphatic rings. The number of rotatable bonds is 3. The summed E-state index contributed by atoms with van der Waals surface area (Å²) in [5.74, 6) is 0.584. The first kappa shape index (κ1) is 16.9. The summed E-state index contributed by atoms with van der Waals surface area (Å²) in [5.41, 5.74) is 2.38. The lowest BCUT2D eigenvalue weighted by Gasteiger charge is -2.34. The molecule has 1 unspecified atom stereocenters. The zero-order valence-electron chi connectivity index (χ0n) is 14.4. The molecule has 0 spiro atoms. The molecule has 1 saturated heterocycles. The fourth-order valence-electron chi connectivity index (χ4n) is 3.04. The number of likely N-dealkylation sites (tertiary alicyclic amines) is 1. The van der Waals surface area contributed by atoms with Crippen molar-refractivity contribution in [2.24, 2.45) is 5.92 Å². The predicted octanol–water partition coefficient (Wildman–Crippen LogP) is 4.57. The number of hydrogen-bond acceptors (Lipinski definition) is 2. The minimum atomic E-state index is -0.412. The van der Waals surface area contributed by atoms with Gasteiger partial charge < -0.3 is 9.64 Å². The molecule has 1 aromatic rings. The molecule has 1 fully saturated rings. The van der Waals surface area contributed by atoms with Crippen LogP contribution in [0.25, 0.3) is 0 Å². The lowest BCUT2D eigenvalue weighted by atomic mass is 9.91. The van der Waals surface area contributed by atoms with Gasteiger partial charge in [-0.1, -0.05) is 24.3 Å². The van der Waals surface area contributed by atoms with Crippen LogP contribution in [0.3, 0.4) is 0 Å². The number of ether oxygens (including phenoxy) is 1. The lowest BCUT2D eigenvalue weighted by Crippen LogP contribution is -2.43. The first-order chi connectivity index (χ1) is 10.3. The van der Waals surface area contributed by atoms with Gasteiger partial charge in [-0.05, 0) is 70.4 Å². The number of benzene rings is 1. The Morgan fingerprint density at radius 2 is 2.05 bits per heavy atom. The monoisotopic (exact) mass is 303 g/mol. The molecule has 0 N–H and O–H groups in total. The Kier molecular flexibility index (Phi) is 5.49. The van der Waals surface area contributed by atoms with Crippen LogP contribution in [0, 0.1) is 12.8 Å². The van der Waals surface area contributed by atoms with Crippen molar-refractivity contribution < 1.29 is 9.53 Å². The molecule has 0 radical (unpaired) electrons. The molecule has 3 nitrogen and oxygen atoms in total. The van der Waals surface area contributed by atoms with Crippen LogP contribution in [-0.2, 0) is 11.2 Å². The fourth-order valence-corrected chi connectivity index (χ4v) is 3.04. The number of hydrogen-bond donors (Lipinski definition) is 0. The van der Waals surface area contributed by atoms with Gasteiger partial charge in [0.1, 0.15) is 5.60 Å². The highest BCUT2D eigenvalue weighted by atomic mass is 16.6. The van der Waals surface area contributed by atoms with Crippen LogP contribution in [0.5, 0.6) is 0 Å². The zero-order chi connectivity index (χ0) is 16.2. The highest BCUT2D eigenvalue weighted by Crippen LogP contribution is 2.24. The van der Waals surface area contributed by atoms with Crippen LogP contribution in [0.4, 0.5) is 4.79 Å². The van der Waals surface area contributed by atoms with Gasteiger partial charge in [0.05, 0.1) is 0 Å². The molecule has 22 heavy (non-hydrogen) atoms. The Balaban J connectivity index is 1.86. The second-order valence-corrected chi connectivity index (χ2v) is 7.40. The number of aryl methyl sites for hydroxylation is 2. The maximum absolute atomic E-state index is 12.2. The third-order valence-electron chi connectivity index (χ3n) is 4.25. The Morgan fingerprint density at radius 1 is 1.32 bits per heavy atom. The average Bonchev–Trinajstić information content (AvgIpc) is 2.45. The van der Waals surface area contributed by atoms with Gasteiger partial charge in [-0.15, -0.1) is 0 Å². The normalized spacial score (nSPS) is 19.1. The minimum Gasteiger partial charge on any atom is -0.444 e. The van der Waals surface area contributed by atoms with E-state index in [0.717, 1.165) is 32.4 Å². The number of amides is 1. The van der Waals surface area contributed by atoms with Crippen molar-refractivity contribution in [3.8, 4) is 0 Å². The number of piperidine rings is 1. The van der Waals surface area contributed by atoms with Crippen molar-refractivity contribution in [1.82, 2.24) is 4.90 Å². The number of carbonyl (C=O) groups excluding carboxylic acids is 1. The van der Waals surface area contributed by atoms with E-state index in [0.29, 0.717) is 5.92 Å². The van der Waals surface area contributed by atoms with Crippen molar-refractivity contribution in [1.29, 1.82) is 0 Å². The summed E-state index contributed by atoms with van der Waals surface area (Å²) in [6.07, 6.45) is 4.38. The van der Waals surface area contributed by atoms with Crippen LogP contribution in [0.1, 0.15) is 51.2 Å². The van der Waals surface area contributed by atoms with E-state index in [9.17, 15) is 4.79 Å². The van der Waals surface area contributed by atoms with Gasteiger partial charge in [0.2, 0.25) is 0 Å². The van der Waals surface area contributed by atoms with Crippen molar-refractivity contribution in [2.75, 3.05) is 13.1 Å². The highest BCUT2D eigenvalue weighted by molar-refractivity contribution is 5.68. The summed E-state index contributed by atoms with van der Waals surface area (Å²) in [7, 11) is 0. The van der Waals surface area contributed by atoms with Gasteiger partial charge in [-0.25, -0.2) is 4.79 Å². The largest absolute Gasteiger partial charge is 0.444 e. The lowest BCUT2D eigenvalue weighted by molar-refractivity contribution is 0.0162. The van der Waals surface area contributed by atoms with E-state index in [1.807, 2.05) is 25.7 Å². The van der Waals surface area contributed by atoms with Gasteiger partial charge in [-0.2, -0.15) is 0 Å². The SMILES string of the molecule is Cc1ccccc1CCC1CCCN(C(=O)OC(C)(C)C)C1.